The number of aliphatic imine (C=N–C) groups is 1. The van der Waals surface area contributed by atoms with E-state index in [0.717, 1.165) is 6.54 Å². The molecule has 0 spiro atoms. The van der Waals surface area contributed by atoms with Crippen LogP contribution in [0.15, 0.2) is 22.0 Å². The predicted octanol–water partition coefficient (Wildman–Crippen LogP) is 0.451. The highest BCUT2D eigenvalue weighted by atomic mass is 16.5. The Bertz CT molecular complexity index is 240. The van der Waals surface area contributed by atoms with Crippen LogP contribution in [0.4, 0.5) is 0 Å². The summed E-state index contributed by atoms with van der Waals surface area (Å²) in [6.07, 6.45) is 2.95. The van der Waals surface area contributed by atoms with Gasteiger partial charge in [-0.05, 0) is 0 Å². The molecule has 0 amide bonds. The van der Waals surface area contributed by atoms with Crippen LogP contribution < -0.4 is 0 Å². The average Bonchev–Trinajstić information content (AvgIpc) is 2.59. The van der Waals surface area contributed by atoms with Crippen LogP contribution in [-0.4, -0.2) is 24.0 Å². The molecular formula is C6H6N2O2. The fourth-order valence-corrected chi connectivity index (χ4v) is 0.806. The standard InChI is InChI=1S/C6H6N2O2/c1-2-9-6(8-1)5-3-7-4-10-5/h3-4H,1-2H2. The molecule has 0 N–H and O–H groups in total. The molecule has 0 fully saturated rings. The van der Waals surface area contributed by atoms with Crippen molar-refractivity contribution in [1.29, 1.82) is 0 Å². The van der Waals surface area contributed by atoms with Crippen molar-refractivity contribution in [3.8, 4) is 0 Å². The summed E-state index contributed by atoms with van der Waals surface area (Å²) in [7, 11) is 0. The lowest BCUT2D eigenvalue weighted by Gasteiger charge is -1.92. The van der Waals surface area contributed by atoms with Crippen LogP contribution in [0.5, 0.6) is 0 Å². The van der Waals surface area contributed by atoms with Gasteiger partial charge in [-0.15, -0.1) is 0 Å². The van der Waals surface area contributed by atoms with E-state index in [-0.39, 0.29) is 0 Å². The van der Waals surface area contributed by atoms with Gasteiger partial charge in [-0.3, -0.25) is 0 Å². The Kier molecular flexibility index (Phi) is 1.16. The fourth-order valence-electron chi connectivity index (χ4n) is 0.806. The highest BCUT2D eigenvalue weighted by molar-refractivity contribution is 5.91. The largest absolute Gasteiger partial charge is 0.473 e. The zero-order chi connectivity index (χ0) is 6.81. The Morgan fingerprint density at radius 3 is 3.10 bits per heavy atom. The van der Waals surface area contributed by atoms with Gasteiger partial charge < -0.3 is 9.15 Å². The number of nitrogens with zero attached hydrogens (tertiary/aromatic N) is 2. The first-order valence-corrected chi connectivity index (χ1v) is 3.03. The zero-order valence-electron chi connectivity index (χ0n) is 5.28. The van der Waals surface area contributed by atoms with Crippen LogP contribution in [0, 0.1) is 0 Å². The van der Waals surface area contributed by atoms with E-state index in [9.17, 15) is 0 Å². The molecule has 1 aromatic heterocycles. The van der Waals surface area contributed by atoms with Gasteiger partial charge in [0.15, 0.2) is 6.39 Å². The third kappa shape index (κ3) is 0.775. The molecule has 0 radical (unpaired) electrons. The number of hydrogen-bond donors (Lipinski definition) is 0. The van der Waals surface area contributed by atoms with E-state index >= 15 is 0 Å². The van der Waals surface area contributed by atoms with Gasteiger partial charge in [0.25, 0.3) is 5.90 Å². The van der Waals surface area contributed by atoms with E-state index in [0.29, 0.717) is 18.3 Å². The lowest BCUT2D eigenvalue weighted by atomic mass is 10.5. The minimum absolute atomic E-state index is 0.567. The first kappa shape index (κ1) is 5.46. The number of oxazole rings is 1. The number of hydrogen-bond acceptors (Lipinski definition) is 4. The van der Waals surface area contributed by atoms with Gasteiger partial charge in [0.1, 0.15) is 6.61 Å². The molecule has 0 bridgehead atoms. The van der Waals surface area contributed by atoms with Crippen LogP contribution in [0.2, 0.25) is 0 Å². The Morgan fingerprint density at radius 1 is 1.50 bits per heavy atom. The van der Waals surface area contributed by atoms with Gasteiger partial charge in [-0.2, -0.15) is 0 Å². The van der Waals surface area contributed by atoms with E-state index in [1.54, 1.807) is 6.20 Å². The molecule has 2 rings (SSSR count). The SMILES string of the molecule is c1ncc(C2=NCCO2)o1. The van der Waals surface area contributed by atoms with Gasteiger partial charge in [-0.25, -0.2) is 9.98 Å². The molecule has 0 saturated carbocycles. The fraction of sp³-hybridized carbons (Fsp3) is 0.333. The Labute approximate surface area is 57.5 Å². The molecule has 1 aliphatic rings. The normalized spacial score (nSPS) is 16.6. The van der Waals surface area contributed by atoms with Crippen LogP contribution in [-0.2, 0) is 4.74 Å². The van der Waals surface area contributed by atoms with E-state index < -0.39 is 0 Å². The van der Waals surface area contributed by atoms with Crippen molar-refractivity contribution in [3.05, 3.63) is 18.4 Å². The lowest BCUT2D eigenvalue weighted by Crippen LogP contribution is -1.98. The molecular weight excluding hydrogens is 132 g/mol. The van der Waals surface area contributed by atoms with E-state index in [4.69, 9.17) is 9.15 Å². The second-order valence-electron chi connectivity index (χ2n) is 1.90. The maximum atomic E-state index is 5.11. The van der Waals surface area contributed by atoms with Gasteiger partial charge in [0.05, 0.1) is 12.7 Å². The Balaban J connectivity index is 2.28. The van der Waals surface area contributed by atoms with Crippen molar-refractivity contribution in [2.24, 2.45) is 4.99 Å². The second-order valence-corrected chi connectivity index (χ2v) is 1.90. The van der Waals surface area contributed by atoms with E-state index in [2.05, 4.69) is 9.98 Å². The molecule has 4 nitrogen and oxygen atoms in total. The summed E-state index contributed by atoms with van der Waals surface area (Å²) in [6, 6.07) is 0. The van der Waals surface area contributed by atoms with Crippen LogP contribution >= 0.6 is 0 Å². The summed E-state index contributed by atoms with van der Waals surface area (Å²) in [6.45, 7) is 1.37. The third-order valence-corrected chi connectivity index (χ3v) is 1.23. The average molecular weight is 138 g/mol. The molecule has 0 atom stereocenters. The molecule has 0 aliphatic carbocycles. The summed E-state index contributed by atoms with van der Waals surface area (Å²) in [5.41, 5.74) is 0. The minimum atomic E-state index is 0.567. The molecule has 4 heteroatoms. The van der Waals surface area contributed by atoms with Crippen LogP contribution in [0.1, 0.15) is 5.76 Å². The smallest absolute Gasteiger partial charge is 0.254 e. The first-order valence-electron chi connectivity index (χ1n) is 3.03. The molecule has 0 aromatic carbocycles. The van der Waals surface area contributed by atoms with Crippen LogP contribution in [0.25, 0.3) is 0 Å². The van der Waals surface area contributed by atoms with Gasteiger partial charge in [0, 0.05) is 0 Å². The molecule has 0 saturated heterocycles. The van der Waals surface area contributed by atoms with E-state index in [1.807, 2.05) is 0 Å². The summed E-state index contributed by atoms with van der Waals surface area (Å²) >= 11 is 0. The van der Waals surface area contributed by atoms with E-state index in [1.165, 1.54) is 6.39 Å². The zero-order valence-corrected chi connectivity index (χ0v) is 5.28. The number of aromatic nitrogens is 1. The highest BCUT2D eigenvalue weighted by Gasteiger charge is 2.12. The molecule has 0 unspecified atom stereocenters. The first-order chi connectivity index (χ1) is 4.97. The number of rotatable bonds is 1. The summed E-state index contributed by atoms with van der Waals surface area (Å²) in [5.74, 6) is 1.18. The lowest BCUT2D eigenvalue weighted by molar-refractivity contribution is 0.339. The van der Waals surface area contributed by atoms with Crippen molar-refractivity contribution in [2.75, 3.05) is 13.2 Å². The van der Waals surface area contributed by atoms with Crippen molar-refractivity contribution in [3.63, 3.8) is 0 Å². The van der Waals surface area contributed by atoms with Gasteiger partial charge in [0.2, 0.25) is 5.76 Å². The van der Waals surface area contributed by atoms with Crippen molar-refractivity contribution in [2.45, 2.75) is 0 Å². The topological polar surface area (TPSA) is 47.6 Å². The quantitative estimate of drug-likeness (QED) is 0.566. The molecule has 52 valence electrons. The summed E-state index contributed by atoms with van der Waals surface area (Å²) in [4.78, 5) is 7.78. The monoisotopic (exact) mass is 138 g/mol. The van der Waals surface area contributed by atoms with Crippen molar-refractivity contribution >= 4 is 5.90 Å². The molecule has 10 heavy (non-hydrogen) atoms. The maximum Gasteiger partial charge on any atom is 0.254 e. The predicted molar refractivity (Wildman–Crippen MR) is 33.9 cm³/mol. The summed E-state index contributed by atoms with van der Waals surface area (Å²) in [5, 5.41) is 0. The molecule has 1 aromatic rings. The molecule has 1 aliphatic heterocycles. The van der Waals surface area contributed by atoms with Gasteiger partial charge in [-0.1, -0.05) is 0 Å². The summed E-state index contributed by atoms with van der Waals surface area (Å²) < 4.78 is 10.1. The Morgan fingerprint density at radius 2 is 2.50 bits per heavy atom. The second kappa shape index (κ2) is 2.13. The highest BCUT2D eigenvalue weighted by Crippen LogP contribution is 2.05. The number of ether oxygens (including phenoxy) is 1. The van der Waals surface area contributed by atoms with Crippen molar-refractivity contribution in [1.82, 2.24) is 4.98 Å². The maximum absolute atomic E-state index is 5.11. The minimum Gasteiger partial charge on any atom is -0.473 e. The Hall–Kier alpha value is -1.32. The van der Waals surface area contributed by atoms with Crippen LogP contribution in [0.3, 0.4) is 0 Å². The molecule has 2 heterocycles. The van der Waals surface area contributed by atoms with Gasteiger partial charge >= 0.3 is 0 Å². The van der Waals surface area contributed by atoms with Crippen molar-refractivity contribution < 1.29 is 9.15 Å². The third-order valence-electron chi connectivity index (χ3n) is 1.23.